The number of nitrogens with zero attached hydrogens (tertiary/aromatic N) is 2. The average Bonchev–Trinajstić information content (AvgIpc) is 2.93. The molecule has 2 heterocycles. The SMILES string of the molecule is O=C1CC(Br)CN1CCc1cccc2[nH]ncc12. The van der Waals surface area contributed by atoms with Gasteiger partial charge in [0, 0.05) is 29.7 Å². The summed E-state index contributed by atoms with van der Waals surface area (Å²) in [7, 11) is 0. The van der Waals surface area contributed by atoms with Gasteiger partial charge in [-0.2, -0.15) is 5.10 Å². The summed E-state index contributed by atoms with van der Waals surface area (Å²) in [6.45, 7) is 1.60. The van der Waals surface area contributed by atoms with Crippen molar-refractivity contribution in [2.24, 2.45) is 0 Å². The third-order valence-corrected chi connectivity index (χ3v) is 4.01. The Morgan fingerprint density at radius 3 is 3.17 bits per heavy atom. The number of alkyl halides is 1. The zero-order chi connectivity index (χ0) is 12.5. The molecule has 1 unspecified atom stereocenters. The number of H-pyrrole nitrogens is 1. The molecule has 1 N–H and O–H groups in total. The number of amides is 1. The molecule has 5 heteroatoms. The number of halogens is 1. The van der Waals surface area contributed by atoms with E-state index in [1.165, 1.54) is 5.56 Å². The van der Waals surface area contributed by atoms with Gasteiger partial charge in [-0.15, -0.1) is 0 Å². The van der Waals surface area contributed by atoms with Gasteiger partial charge in [-0.25, -0.2) is 0 Å². The summed E-state index contributed by atoms with van der Waals surface area (Å²) in [6, 6.07) is 6.14. The maximum Gasteiger partial charge on any atom is 0.223 e. The molecule has 1 aliphatic rings. The monoisotopic (exact) mass is 307 g/mol. The van der Waals surface area contributed by atoms with Gasteiger partial charge >= 0.3 is 0 Å². The maximum atomic E-state index is 11.7. The molecule has 0 bridgehead atoms. The van der Waals surface area contributed by atoms with E-state index >= 15 is 0 Å². The van der Waals surface area contributed by atoms with Crippen LogP contribution in [0, 0.1) is 0 Å². The largest absolute Gasteiger partial charge is 0.341 e. The highest BCUT2D eigenvalue weighted by atomic mass is 79.9. The van der Waals surface area contributed by atoms with Crippen molar-refractivity contribution in [1.82, 2.24) is 15.1 Å². The molecular formula is C13H14BrN3O. The Morgan fingerprint density at radius 1 is 1.50 bits per heavy atom. The highest BCUT2D eigenvalue weighted by molar-refractivity contribution is 9.09. The fraction of sp³-hybridized carbons (Fsp3) is 0.385. The number of benzene rings is 1. The summed E-state index contributed by atoms with van der Waals surface area (Å²) in [5.74, 6) is 0.247. The van der Waals surface area contributed by atoms with Crippen LogP contribution >= 0.6 is 15.9 Å². The van der Waals surface area contributed by atoms with Crippen LogP contribution in [0.2, 0.25) is 0 Å². The minimum atomic E-state index is 0.247. The predicted molar refractivity (Wildman–Crippen MR) is 73.7 cm³/mol. The van der Waals surface area contributed by atoms with Gasteiger partial charge in [0.05, 0.1) is 11.7 Å². The lowest BCUT2D eigenvalue weighted by molar-refractivity contribution is -0.127. The number of hydrogen-bond acceptors (Lipinski definition) is 2. The van der Waals surface area contributed by atoms with E-state index in [2.05, 4.69) is 32.2 Å². The number of aromatic amines is 1. The number of fused-ring (bicyclic) bond motifs is 1. The van der Waals surface area contributed by atoms with Crippen molar-refractivity contribution in [3.05, 3.63) is 30.0 Å². The Balaban J connectivity index is 1.73. The predicted octanol–water partition coefficient (Wildman–Crippen LogP) is 2.10. The van der Waals surface area contributed by atoms with Gasteiger partial charge in [0.15, 0.2) is 0 Å². The number of likely N-dealkylation sites (tertiary alicyclic amines) is 1. The molecule has 18 heavy (non-hydrogen) atoms. The van der Waals surface area contributed by atoms with Crippen LogP contribution in [0.3, 0.4) is 0 Å². The fourth-order valence-electron chi connectivity index (χ4n) is 2.44. The van der Waals surface area contributed by atoms with Crippen LogP contribution in [0.25, 0.3) is 10.9 Å². The first kappa shape index (κ1) is 11.7. The van der Waals surface area contributed by atoms with Crippen molar-refractivity contribution in [3.8, 4) is 0 Å². The molecule has 4 nitrogen and oxygen atoms in total. The second kappa shape index (κ2) is 4.72. The smallest absolute Gasteiger partial charge is 0.223 e. The average molecular weight is 308 g/mol. The molecule has 94 valence electrons. The molecule has 0 radical (unpaired) electrons. The highest BCUT2D eigenvalue weighted by Gasteiger charge is 2.27. The van der Waals surface area contributed by atoms with Crippen LogP contribution in [0.4, 0.5) is 0 Å². The summed E-state index contributed by atoms with van der Waals surface area (Å²) >= 11 is 3.50. The molecule has 1 aliphatic heterocycles. The summed E-state index contributed by atoms with van der Waals surface area (Å²) in [4.78, 5) is 13.9. The van der Waals surface area contributed by atoms with Crippen molar-refractivity contribution in [2.45, 2.75) is 17.7 Å². The van der Waals surface area contributed by atoms with E-state index in [4.69, 9.17) is 0 Å². The van der Waals surface area contributed by atoms with E-state index in [0.29, 0.717) is 11.2 Å². The minimum Gasteiger partial charge on any atom is -0.341 e. The molecule has 1 fully saturated rings. The molecule has 0 aliphatic carbocycles. The Kier molecular flexibility index (Phi) is 3.07. The molecule has 0 saturated carbocycles. The van der Waals surface area contributed by atoms with Crippen LogP contribution < -0.4 is 0 Å². The number of hydrogen-bond donors (Lipinski definition) is 1. The van der Waals surface area contributed by atoms with Crippen molar-refractivity contribution in [3.63, 3.8) is 0 Å². The van der Waals surface area contributed by atoms with Crippen molar-refractivity contribution in [1.29, 1.82) is 0 Å². The van der Waals surface area contributed by atoms with Crippen molar-refractivity contribution >= 4 is 32.7 Å². The molecule has 1 aromatic heterocycles. The fourth-order valence-corrected chi connectivity index (χ4v) is 3.07. The van der Waals surface area contributed by atoms with Gasteiger partial charge < -0.3 is 4.90 Å². The molecule has 1 saturated heterocycles. The van der Waals surface area contributed by atoms with Gasteiger partial charge in [-0.05, 0) is 18.1 Å². The summed E-state index contributed by atoms with van der Waals surface area (Å²) in [5, 5.41) is 8.17. The van der Waals surface area contributed by atoms with E-state index in [1.807, 2.05) is 23.2 Å². The van der Waals surface area contributed by atoms with E-state index in [1.54, 1.807) is 0 Å². The first-order valence-corrected chi connectivity index (χ1v) is 6.98. The molecule has 0 spiro atoms. The second-order valence-corrected chi connectivity index (χ2v) is 5.93. The van der Waals surface area contributed by atoms with Gasteiger partial charge in [0.2, 0.25) is 5.91 Å². The lowest BCUT2D eigenvalue weighted by Gasteiger charge is -2.15. The molecule has 1 atom stereocenters. The summed E-state index contributed by atoms with van der Waals surface area (Å²) in [6.07, 6.45) is 3.35. The van der Waals surface area contributed by atoms with E-state index < -0.39 is 0 Å². The Morgan fingerprint density at radius 2 is 2.39 bits per heavy atom. The molecular weight excluding hydrogens is 294 g/mol. The Labute approximate surface area is 113 Å². The Hall–Kier alpha value is -1.36. The van der Waals surface area contributed by atoms with E-state index in [9.17, 15) is 4.79 Å². The number of carbonyl (C=O) groups is 1. The second-order valence-electron chi connectivity index (χ2n) is 4.64. The van der Waals surface area contributed by atoms with Crippen molar-refractivity contribution in [2.75, 3.05) is 13.1 Å². The Bertz CT molecular complexity index is 580. The number of aromatic nitrogens is 2. The number of rotatable bonds is 3. The first-order valence-electron chi connectivity index (χ1n) is 6.07. The zero-order valence-electron chi connectivity index (χ0n) is 9.90. The van der Waals surface area contributed by atoms with Crippen LogP contribution in [0.15, 0.2) is 24.4 Å². The molecule has 2 aromatic rings. The lowest BCUT2D eigenvalue weighted by atomic mass is 10.1. The van der Waals surface area contributed by atoms with E-state index in [0.717, 1.165) is 30.4 Å². The molecule has 1 amide bonds. The van der Waals surface area contributed by atoms with Crippen LogP contribution in [0.1, 0.15) is 12.0 Å². The standard InChI is InChI=1S/C13H14BrN3O/c14-10-6-13(18)17(8-10)5-4-9-2-1-3-12-11(9)7-15-16-12/h1-3,7,10H,4-6,8H2,(H,15,16). The quantitative estimate of drug-likeness (QED) is 0.883. The summed E-state index contributed by atoms with van der Waals surface area (Å²) < 4.78 is 0. The molecule has 3 rings (SSSR count). The van der Waals surface area contributed by atoms with Gasteiger partial charge in [-0.3, -0.25) is 9.89 Å². The third kappa shape index (κ3) is 2.14. The van der Waals surface area contributed by atoms with Crippen LogP contribution in [-0.2, 0) is 11.2 Å². The van der Waals surface area contributed by atoms with Gasteiger partial charge in [0.25, 0.3) is 0 Å². The zero-order valence-corrected chi connectivity index (χ0v) is 11.5. The summed E-state index contributed by atoms with van der Waals surface area (Å²) in [5.41, 5.74) is 2.30. The van der Waals surface area contributed by atoms with Crippen LogP contribution in [0.5, 0.6) is 0 Å². The first-order chi connectivity index (χ1) is 8.74. The topological polar surface area (TPSA) is 49.0 Å². The maximum absolute atomic E-state index is 11.7. The number of carbonyl (C=O) groups excluding carboxylic acids is 1. The normalized spacial score (nSPS) is 19.9. The van der Waals surface area contributed by atoms with E-state index in [-0.39, 0.29) is 5.91 Å². The third-order valence-electron chi connectivity index (χ3n) is 3.39. The van der Waals surface area contributed by atoms with Gasteiger partial charge in [0.1, 0.15) is 0 Å². The van der Waals surface area contributed by atoms with Crippen molar-refractivity contribution < 1.29 is 4.79 Å². The lowest BCUT2D eigenvalue weighted by Crippen LogP contribution is -2.27. The van der Waals surface area contributed by atoms with Crippen LogP contribution in [-0.4, -0.2) is 38.9 Å². The van der Waals surface area contributed by atoms with Gasteiger partial charge in [-0.1, -0.05) is 28.1 Å². The minimum absolute atomic E-state index is 0.247. The highest BCUT2D eigenvalue weighted by Crippen LogP contribution is 2.20. The number of nitrogens with one attached hydrogen (secondary N) is 1. The molecule has 1 aromatic carbocycles.